The number of hydrogen-bond donors (Lipinski definition) is 0. The first-order valence-corrected chi connectivity index (χ1v) is 4.38. The topological polar surface area (TPSA) is 33.0 Å². The number of benzene rings is 1. The van der Waals surface area contributed by atoms with Gasteiger partial charge in [-0.05, 0) is 30.2 Å². The molecule has 1 aromatic carbocycles. The van der Waals surface area contributed by atoms with Crippen LogP contribution >= 0.6 is 0 Å². The van der Waals surface area contributed by atoms with Crippen molar-refractivity contribution in [2.24, 2.45) is 0 Å². The second kappa shape index (κ2) is 4.51. The van der Waals surface area contributed by atoms with E-state index in [2.05, 4.69) is 13.0 Å². The molecule has 0 unspecified atom stereocenters. The quantitative estimate of drug-likeness (QED) is 0.707. The largest absolute Gasteiger partial charge is 0.497 e. The second-order valence-corrected chi connectivity index (χ2v) is 2.88. The van der Waals surface area contributed by atoms with Crippen LogP contribution in [0.3, 0.4) is 0 Å². The van der Waals surface area contributed by atoms with Crippen molar-refractivity contribution in [1.29, 1.82) is 5.26 Å². The van der Waals surface area contributed by atoms with Gasteiger partial charge in [0.1, 0.15) is 5.75 Å². The predicted molar refractivity (Wildman–Crippen MR) is 51.7 cm³/mol. The van der Waals surface area contributed by atoms with Crippen LogP contribution in [0.4, 0.5) is 0 Å². The van der Waals surface area contributed by atoms with Crippen LogP contribution < -0.4 is 4.74 Å². The van der Waals surface area contributed by atoms with Crippen LogP contribution in [0.5, 0.6) is 5.75 Å². The fraction of sp³-hybridized carbons (Fsp3) is 0.364. The molecule has 0 fully saturated rings. The third-order valence-corrected chi connectivity index (χ3v) is 1.95. The molecular formula is C11H13NO. The minimum Gasteiger partial charge on any atom is -0.497 e. The highest BCUT2D eigenvalue weighted by atomic mass is 16.5. The van der Waals surface area contributed by atoms with Gasteiger partial charge in [0.15, 0.2) is 0 Å². The van der Waals surface area contributed by atoms with Gasteiger partial charge in [-0.15, -0.1) is 0 Å². The minimum absolute atomic E-state index is 0.752. The van der Waals surface area contributed by atoms with Crippen LogP contribution in [-0.2, 0) is 6.42 Å². The standard InChI is InChI=1S/C11H13NO/c1-3-4-9-7-11(13-2)6-5-10(9)8-12/h5-7H,3-4H2,1-2H3. The average Bonchev–Trinajstić information content (AvgIpc) is 2.18. The van der Waals surface area contributed by atoms with Crippen LogP contribution in [-0.4, -0.2) is 7.11 Å². The molecule has 2 heteroatoms. The fourth-order valence-electron chi connectivity index (χ4n) is 1.28. The lowest BCUT2D eigenvalue weighted by atomic mass is 10.0. The van der Waals surface area contributed by atoms with Gasteiger partial charge in [-0.3, -0.25) is 0 Å². The maximum atomic E-state index is 8.82. The highest BCUT2D eigenvalue weighted by Gasteiger charge is 2.02. The Hall–Kier alpha value is -1.49. The summed E-state index contributed by atoms with van der Waals surface area (Å²) >= 11 is 0. The lowest BCUT2D eigenvalue weighted by molar-refractivity contribution is 0.414. The summed E-state index contributed by atoms with van der Waals surface area (Å²) in [7, 11) is 1.64. The lowest BCUT2D eigenvalue weighted by Crippen LogP contribution is -1.91. The van der Waals surface area contributed by atoms with Gasteiger partial charge >= 0.3 is 0 Å². The van der Waals surface area contributed by atoms with Gasteiger partial charge in [-0.25, -0.2) is 0 Å². The van der Waals surface area contributed by atoms with Crippen molar-refractivity contribution in [3.8, 4) is 11.8 Å². The summed E-state index contributed by atoms with van der Waals surface area (Å²) in [5.41, 5.74) is 1.83. The summed E-state index contributed by atoms with van der Waals surface area (Å²) in [5, 5.41) is 8.82. The van der Waals surface area contributed by atoms with Gasteiger partial charge in [0, 0.05) is 0 Å². The molecule has 0 bridgehead atoms. The van der Waals surface area contributed by atoms with E-state index in [9.17, 15) is 0 Å². The van der Waals surface area contributed by atoms with Crippen LogP contribution in [0.25, 0.3) is 0 Å². The van der Waals surface area contributed by atoms with Crippen LogP contribution in [0.2, 0.25) is 0 Å². The van der Waals surface area contributed by atoms with Gasteiger partial charge in [-0.2, -0.15) is 5.26 Å². The molecule has 0 aliphatic heterocycles. The average molecular weight is 175 g/mol. The van der Waals surface area contributed by atoms with Crippen molar-refractivity contribution in [3.63, 3.8) is 0 Å². The Kier molecular flexibility index (Phi) is 3.33. The van der Waals surface area contributed by atoms with E-state index < -0.39 is 0 Å². The summed E-state index contributed by atoms with van der Waals surface area (Å²) in [5.74, 6) is 0.822. The molecule has 0 saturated carbocycles. The Morgan fingerprint density at radius 3 is 2.77 bits per heavy atom. The smallest absolute Gasteiger partial charge is 0.119 e. The van der Waals surface area contributed by atoms with Crippen LogP contribution in [0.15, 0.2) is 18.2 Å². The molecule has 2 nitrogen and oxygen atoms in total. The predicted octanol–water partition coefficient (Wildman–Crippen LogP) is 2.52. The molecule has 0 N–H and O–H groups in total. The number of nitriles is 1. The van der Waals surface area contributed by atoms with Crippen molar-refractivity contribution in [2.45, 2.75) is 19.8 Å². The SMILES string of the molecule is CCCc1cc(OC)ccc1C#N. The van der Waals surface area contributed by atoms with Gasteiger partial charge < -0.3 is 4.74 Å². The molecule has 0 spiro atoms. The first-order valence-electron chi connectivity index (χ1n) is 4.38. The van der Waals surface area contributed by atoms with E-state index in [1.165, 1.54) is 0 Å². The normalized spacial score (nSPS) is 9.31. The van der Waals surface area contributed by atoms with Crippen molar-refractivity contribution in [1.82, 2.24) is 0 Å². The monoisotopic (exact) mass is 175 g/mol. The highest BCUT2D eigenvalue weighted by Crippen LogP contribution is 2.18. The zero-order valence-corrected chi connectivity index (χ0v) is 8.00. The lowest BCUT2D eigenvalue weighted by Gasteiger charge is -2.04. The molecule has 0 amide bonds. The molecule has 0 saturated heterocycles. The molecule has 13 heavy (non-hydrogen) atoms. The zero-order valence-electron chi connectivity index (χ0n) is 8.00. The summed E-state index contributed by atoms with van der Waals surface area (Å²) in [6.45, 7) is 2.10. The van der Waals surface area contributed by atoms with E-state index in [0.717, 1.165) is 29.7 Å². The molecule has 0 heterocycles. The highest BCUT2D eigenvalue weighted by molar-refractivity contribution is 5.42. The summed E-state index contributed by atoms with van der Waals surface area (Å²) in [4.78, 5) is 0. The van der Waals surface area contributed by atoms with Gasteiger partial charge in [0.25, 0.3) is 0 Å². The third-order valence-electron chi connectivity index (χ3n) is 1.95. The Morgan fingerprint density at radius 2 is 2.23 bits per heavy atom. The maximum Gasteiger partial charge on any atom is 0.119 e. The molecular weight excluding hydrogens is 162 g/mol. The van der Waals surface area contributed by atoms with E-state index >= 15 is 0 Å². The Morgan fingerprint density at radius 1 is 1.46 bits per heavy atom. The first kappa shape index (κ1) is 9.60. The number of ether oxygens (including phenoxy) is 1. The summed E-state index contributed by atoms with van der Waals surface area (Å²) in [6, 6.07) is 7.74. The molecule has 0 atom stereocenters. The van der Waals surface area contributed by atoms with E-state index in [1.807, 2.05) is 18.2 Å². The summed E-state index contributed by atoms with van der Waals surface area (Å²) in [6.07, 6.45) is 1.97. The van der Waals surface area contributed by atoms with E-state index in [-0.39, 0.29) is 0 Å². The second-order valence-electron chi connectivity index (χ2n) is 2.88. The Labute approximate surface area is 78.8 Å². The molecule has 1 rings (SSSR count). The molecule has 0 radical (unpaired) electrons. The number of methoxy groups -OCH3 is 1. The molecule has 0 aromatic heterocycles. The Bertz CT molecular complexity index is 325. The van der Waals surface area contributed by atoms with Crippen molar-refractivity contribution in [3.05, 3.63) is 29.3 Å². The molecule has 0 aliphatic carbocycles. The first-order chi connectivity index (χ1) is 6.31. The van der Waals surface area contributed by atoms with E-state index in [1.54, 1.807) is 7.11 Å². The molecule has 1 aromatic rings. The van der Waals surface area contributed by atoms with Crippen LogP contribution in [0.1, 0.15) is 24.5 Å². The van der Waals surface area contributed by atoms with Gasteiger partial charge in [0.2, 0.25) is 0 Å². The van der Waals surface area contributed by atoms with Gasteiger partial charge in [0.05, 0.1) is 18.7 Å². The number of hydrogen-bond acceptors (Lipinski definition) is 2. The maximum absolute atomic E-state index is 8.82. The van der Waals surface area contributed by atoms with Crippen molar-refractivity contribution in [2.75, 3.05) is 7.11 Å². The van der Waals surface area contributed by atoms with Crippen LogP contribution in [0, 0.1) is 11.3 Å². The number of rotatable bonds is 3. The fourth-order valence-corrected chi connectivity index (χ4v) is 1.28. The zero-order chi connectivity index (χ0) is 9.68. The molecule has 68 valence electrons. The number of nitrogens with zero attached hydrogens (tertiary/aromatic N) is 1. The molecule has 0 aliphatic rings. The van der Waals surface area contributed by atoms with Gasteiger partial charge in [-0.1, -0.05) is 13.3 Å². The van der Waals surface area contributed by atoms with E-state index in [4.69, 9.17) is 10.00 Å². The summed E-state index contributed by atoms with van der Waals surface area (Å²) < 4.78 is 5.09. The van der Waals surface area contributed by atoms with Crippen molar-refractivity contribution >= 4 is 0 Å². The van der Waals surface area contributed by atoms with E-state index in [0.29, 0.717) is 0 Å². The van der Waals surface area contributed by atoms with Crippen molar-refractivity contribution < 1.29 is 4.74 Å². The third kappa shape index (κ3) is 2.22. The minimum atomic E-state index is 0.752. The Balaban J connectivity index is 3.04. The number of aryl methyl sites for hydroxylation is 1.